The van der Waals surface area contributed by atoms with Crippen LogP contribution < -0.4 is 5.32 Å². The quantitative estimate of drug-likeness (QED) is 0.478. The standard InChI is InChI=1S/C10H21NO3S/c1-8(2)11-9(10(13)14-3)4-6-15-7-5-12/h8-9,11-12H,4-7H2,1-3H3. The SMILES string of the molecule is COC(=O)C(CCSCCO)NC(C)C. The summed E-state index contributed by atoms with van der Waals surface area (Å²) in [4.78, 5) is 11.4. The minimum atomic E-state index is -0.235. The molecular formula is C10H21NO3S. The smallest absolute Gasteiger partial charge is 0.322 e. The van der Waals surface area contributed by atoms with Crippen LogP contribution in [0.4, 0.5) is 0 Å². The first kappa shape index (κ1) is 14.7. The van der Waals surface area contributed by atoms with Crippen LogP contribution in [-0.4, -0.2) is 48.4 Å². The van der Waals surface area contributed by atoms with Gasteiger partial charge >= 0.3 is 5.97 Å². The lowest BCUT2D eigenvalue weighted by molar-refractivity contribution is -0.143. The Bertz CT molecular complexity index is 176. The minimum Gasteiger partial charge on any atom is -0.468 e. The molecule has 1 atom stereocenters. The second-order valence-corrected chi connectivity index (χ2v) is 4.75. The molecule has 0 saturated heterocycles. The Morgan fingerprint density at radius 3 is 2.60 bits per heavy atom. The molecule has 0 aliphatic carbocycles. The first-order valence-corrected chi connectivity index (χ1v) is 6.29. The van der Waals surface area contributed by atoms with Crippen LogP contribution in [0.2, 0.25) is 0 Å². The van der Waals surface area contributed by atoms with E-state index in [-0.39, 0.29) is 24.7 Å². The van der Waals surface area contributed by atoms with Crippen LogP contribution in [0.25, 0.3) is 0 Å². The van der Waals surface area contributed by atoms with Crippen molar-refractivity contribution >= 4 is 17.7 Å². The van der Waals surface area contributed by atoms with Crippen molar-refractivity contribution in [2.45, 2.75) is 32.4 Å². The third-order valence-corrected chi connectivity index (χ3v) is 2.80. The maximum Gasteiger partial charge on any atom is 0.322 e. The van der Waals surface area contributed by atoms with Gasteiger partial charge in [-0.15, -0.1) is 0 Å². The van der Waals surface area contributed by atoms with Crippen molar-refractivity contribution in [1.29, 1.82) is 0 Å². The van der Waals surface area contributed by atoms with Crippen molar-refractivity contribution in [2.75, 3.05) is 25.2 Å². The van der Waals surface area contributed by atoms with Crippen LogP contribution >= 0.6 is 11.8 Å². The molecule has 5 heteroatoms. The molecule has 0 amide bonds. The highest BCUT2D eigenvalue weighted by atomic mass is 32.2. The van der Waals surface area contributed by atoms with E-state index in [1.807, 2.05) is 13.8 Å². The molecule has 0 aliphatic rings. The van der Waals surface area contributed by atoms with Gasteiger partial charge in [0.25, 0.3) is 0 Å². The van der Waals surface area contributed by atoms with Gasteiger partial charge in [-0.05, 0) is 12.2 Å². The van der Waals surface area contributed by atoms with Gasteiger partial charge in [0.05, 0.1) is 13.7 Å². The molecule has 0 bridgehead atoms. The van der Waals surface area contributed by atoms with E-state index in [2.05, 4.69) is 5.32 Å². The highest BCUT2D eigenvalue weighted by Gasteiger charge is 2.18. The van der Waals surface area contributed by atoms with Gasteiger partial charge in [-0.2, -0.15) is 11.8 Å². The number of methoxy groups -OCH3 is 1. The molecule has 0 aromatic heterocycles. The highest BCUT2D eigenvalue weighted by Crippen LogP contribution is 2.06. The zero-order valence-corrected chi connectivity index (χ0v) is 10.5. The van der Waals surface area contributed by atoms with Gasteiger partial charge in [0.2, 0.25) is 0 Å². The van der Waals surface area contributed by atoms with Crippen molar-refractivity contribution in [3.8, 4) is 0 Å². The Balaban J connectivity index is 3.85. The zero-order valence-electron chi connectivity index (χ0n) is 9.66. The van der Waals surface area contributed by atoms with Gasteiger partial charge < -0.3 is 15.2 Å². The molecular weight excluding hydrogens is 214 g/mol. The van der Waals surface area contributed by atoms with E-state index in [9.17, 15) is 4.79 Å². The molecule has 15 heavy (non-hydrogen) atoms. The molecule has 4 nitrogen and oxygen atoms in total. The zero-order chi connectivity index (χ0) is 11.7. The third kappa shape index (κ3) is 7.64. The summed E-state index contributed by atoms with van der Waals surface area (Å²) < 4.78 is 4.71. The van der Waals surface area contributed by atoms with Gasteiger partial charge in [-0.3, -0.25) is 4.79 Å². The summed E-state index contributed by atoms with van der Waals surface area (Å²) >= 11 is 1.64. The first-order valence-electron chi connectivity index (χ1n) is 5.14. The van der Waals surface area contributed by atoms with E-state index >= 15 is 0 Å². The molecule has 0 fully saturated rings. The van der Waals surface area contributed by atoms with Gasteiger partial charge in [0.15, 0.2) is 0 Å². The Morgan fingerprint density at radius 2 is 2.13 bits per heavy atom. The van der Waals surface area contributed by atoms with Crippen LogP contribution in [0.5, 0.6) is 0 Å². The number of nitrogens with one attached hydrogen (secondary N) is 1. The Kier molecular flexibility index (Phi) is 8.85. The lowest BCUT2D eigenvalue weighted by Gasteiger charge is -2.18. The fourth-order valence-electron chi connectivity index (χ4n) is 1.18. The number of ether oxygens (including phenoxy) is 1. The Hall–Kier alpha value is -0.260. The van der Waals surface area contributed by atoms with Gasteiger partial charge in [-0.25, -0.2) is 0 Å². The maximum atomic E-state index is 11.4. The molecule has 1 unspecified atom stereocenters. The summed E-state index contributed by atoms with van der Waals surface area (Å²) in [5, 5.41) is 11.8. The first-order chi connectivity index (χ1) is 7.11. The molecule has 0 heterocycles. The summed E-state index contributed by atoms with van der Waals surface area (Å²) in [7, 11) is 1.40. The van der Waals surface area contributed by atoms with E-state index in [0.717, 1.165) is 17.9 Å². The molecule has 0 aliphatic heterocycles. The topological polar surface area (TPSA) is 58.6 Å². The number of carbonyl (C=O) groups excluding carboxylic acids is 1. The van der Waals surface area contributed by atoms with Gasteiger partial charge in [-0.1, -0.05) is 13.8 Å². The number of thioether (sulfide) groups is 1. The summed E-state index contributed by atoms with van der Waals surface area (Å²) in [6.45, 7) is 4.18. The van der Waals surface area contributed by atoms with Gasteiger partial charge in [0.1, 0.15) is 6.04 Å². The van der Waals surface area contributed by atoms with Crippen LogP contribution in [0.15, 0.2) is 0 Å². The highest BCUT2D eigenvalue weighted by molar-refractivity contribution is 7.99. The lowest BCUT2D eigenvalue weighted by Crippen LogP contribution is -2.41. The second-order valence-electron chi connectivity index (χ2n) is 3.52. The van der Waals surface area contributed by atoms with E-state index in [4.69, 9.17) is 9.84 Å². The number of carbonyl (C=O) groups is 1. The molecule has 0 aromatic carbocycles. The van der Waals surface area contributed by atoms with E-state index < -0.39 is 0 Å². The predicted molar refractivity (Wildman–Crippen MR) is 63.1 cm³/mol. The normalized spacial score (nSPS) is 12.9. The second kappa shape index (κ2) is 9.00. The summed E-state index contributed by atoms with van der Waals surface area (Å²) in [5.41, 5.74) is 0. The monoisotopic (exact) mass is 235 g/mol. The number of esters is 1. The fraction of sp³-hybridized carbons (Fsp3) is 0.900. The molecule has 0 rings (SSSR count). The van der Waals surface area contributed by atoms with Crippen LogP contribution in [0.3, 0.4) is 0 Å². The largest absolute Gasteiger partial charge is 0.468 e. The molecule has 0 saturated carbocycles. The fourth-order valence-corrected chi connectivity index (χ4v) is 1.92. The maximum absolute atomic E-state index is 11.4. The van der Waals surface area contributed by atoms with Crippen LogP contribution in [-0.2, 0) is 9.53 Å². The van der Waals surface area contributed by atoms with Crippen molar-refractivity contribution in [1.82, 2.24) is 5.32 Å². The van der Waals surface area contributed by atoms with E-state index in [0.29, 0.717) is 0 Å². The third-order valence-electron chi connectivity index (χ3n) is 1.81. The molecule has 2 N–H and O–H groups in total. The number of aliphatic hydroxyl groups excluding tert-OH is 1. The summed E-state index contributed by atoms with van der Waals surface area (Å²) in [6, 6.07) is 0.0261. The lowest BCUT2D eigenvalue weighted by atomic mass is 10.2. The predicted octanol–water partition coefficient (Wildman–Crippen LogP) is 0.642. The number of rotatable bonds is 8. The van der Waals surface area contributed by atoms with Crippen LogP contribution in [0, 0.1) is 0 Å². The number of hydrogen-bond donors (Lipinski definition) is 2. The van der Waals surface area contributed by atoms with Crippen molar-refractivity contribution in [2.24, 2.45) is 0 Å². The molecule has 90 valence electrons. The number of aliphatic hydroxyl groups is 1. The minimum absolute atomic E-state index is 0.186. The van der Waals surface area contributed by atoms with E-state index in [1.165, 1.54) is 7.11 Å². The van der Waals surface area contributed by atoms with E-state index in [1.54, 1.807) is 11.8 Å². The van der Waals surface area contributed by atoms with Crippen LogP contribution in [0.1, 0.15) is 20.3 Å². The average molecular weight is 235 g/mol. The summed E-state index contributed by atoms with van der Waals surface area (Å²) in [6.07, 6.45) is 0.732. The van der Waals surface area contributed by atoms with Gasteiger partial charge in [0, 0.05) is 11.8 Å². The van der Waals surface area contributed by atoms with Crippen molar-refractivity contribution in [3.05, 3.63) is 0 Å². The Morgan fingerprint density at radius 1 is 1.47 bits per heavy atom. The Labute approximate surface area is 95.8 Å². The number of hydrogen-bond acceptors (Lipinski definition) is 5. The van der Waals surface area contributed by atoms with Crippen molar-refractivity contribution < 1.29 is 14.6 Å². The van der Waals surface area contributed by atoms with Crippen molar-refractivity contribution in [3.63, 3.8) is 0 Å². The summed E-state index contributed by atoms with van der Waals surface area (Å²) in [5.74, 6) is 1.35. The molecule has 0 spiro atoms. The molecule has 0 aromatic rings. The molecule has 0 radical (unpaired) electrons. The average Bonchev–Trinajstić information content (AvgIpc) is 2.21.